The first-order valence-corrected chi connectivity index (χ1v) is 8.27. The van der Waals surface area contributed by atoms with Crippen LogP contribution in [0.2, 0.25) is 0 Å². The molecule has 0 saturated heterocycles. The quantitative estimate of drug-likeness (QED) is 0.881. The highest BCUT2D eigenvalue weighted by atomic mass is 32.2. The zero-order valence-corrected chi connectivity index (χ0v) is 14.5. The summed E-state index contributed by atoms with van der Waals surface area (Å²) >= 11 is 1.44. The van der Waals surface area contributed by atoms with Crippen LogP contribution >= 0.6 is 11.8 Å². The van der Waals surface area contributed by atoms with Gasteiger partial charge in [0, 0.05) is 23.0 Å². The number of carbonyl (C=O) groups is 3. The zero-order valence-electron chi connectivity index (χ0n) is 13.7. The zero-order chi connectivity index (χ0) is 17.2. The van der Waals surface area contributed by atoms with Crippen molar-refractivity contribution in [2.75, 3.05) is 24.7 Å². The van der Waals surface area contributed by atoms with Gasteiger partial charge in [0.25, 0.3) is 5.91 Å². The first-order valence-electron chi connectivity index (χ1n) is 7.29. The Morgan fingerprint density at radius 2 is 2.04 bits per heavy atom. The molecule has 1 aliphatic heterocycles. The van der Waals surface area contributed by atoms with Gasteiger partial charge in [0.2, 0.25) is 11.8 Å². The molecule has 23 heavy (non-hydrogen) atoms. The third kappa shape index (κ3) is 4.72. The van der Waals surface area contributed by atoms with E-state index in [0.717, 1.165) is 4.90 Å². The van der Waals surface area contributed by atoms with Gasteiger partial charge >= 0.3 is 0 Å². The summed E-state index contributed by atoms with van der Waals surface area (Å²) < 4.78 is 0. The van der Waals surface area contributed by atoms with Crippen molar-refractivity contribution in [2.45, 2.75) is 31.2 Å². The summed E-state index contributed by atoms with van der Waals surface area (Å²) in [5.41, 5.74) is 0.746. The van der Waals surface area contributed by atoms with Gasteiger partial charge < -0.3 is 15.5 Å². The largest absolute Gasteiger partial charge is 0.350 e. The fourth-order valence-electron chi connectivity index (χ4n) is 2.18. The second kappa shape index (κ2) is 6.62. The minimum Gasteiger partial charge on any atom is -0.350 e. The molecule has 0 atom stereocenters. The number of carbonyl (C=O) groups excluding carboxylic acids is 3. The average Bonchev–Trinajstić information content (AvgIpc) is 2.43. The Kier molecular flexibility index (Phi) is 4.99. The number of fused-ring (bicyclic) bond motifs is 1. The lowest BCUT2D eigenvalue weighted by Crippen LogP contribution is -2.46. The maximum Gasteiger partial charge on any atom is 0.254 e. The molecule has 6 nitrogen and oxygen atoms in total. The molecule has 2 N–H and O–H groups in total. The number of amides is 3. The lowest BCUT2D eigenvalue weighted by Gasteiger charge is -2.24. The Morgan fingerprint density at radius 1 is 1.35 bits per heavy atom. The van der Waals surface area contributed by atoms with Gasteiger partial charge in [0.1, 0.15) is 0 Å². The van der Waals surface area contributed by atoms with Crippen molar-refractivity contribution in [1.82, 2.24) is 10.2 Å². The normalized spacial score (nSPS) is 13.8. The number of benzene rings is 1. The van der Waals surface area contributed by atoms with Crippen molar-refractivity contribution in [3.63, 3.8) is 0 Å². The molecule has 0 radical (unpaired) electrons. The molecule has 1 aromatic rings. The molecule has 1 aromatic carbocycles. The van der Waals surface area contributed by atoms with Gasteiger partial charge in [-0.25, -0.2) is 0 Å². The molecule has 0 fully saturated rings. The highest BCUT2D eigenvalue weighted by Gasteiger charge is 2.21. The van der Waals surface area contributed by atoms with Crippen LogP contribution in [0.4, 0.5) is 5.69 Å². The second-order valence-corrected chi connectivity index (χ2v) is 7.52. The molecule has 0 aromatic heterocycles. The number of likely N-dealkylation sites (N-methyl/N-ethyl adjacent to an activating group) is 1. The Bertz CT molecular complexity index is 652. The van der Waals surface area contributed by atoms with Crippen LogP contribution in [-0.2, 0) is 9.59 Å². The second-order valence-electron chi connectivity index (χ2n) is 6.51. The van der Waals surface area contributed by atoms with Gasteiger partial charge in [0.05, 0.1) is 18.0 Å². The Labute approximate surface area is 140 Å². The molecule has 1 aliphatic rings. The monoisotopic (exact) mass is 335 g/mol. The smallest absolute Gasteiger partial charge is 0.254 e. The molecule has 0 bridgehead atoms. The molecule has 124 valence electrons. The maximum absolute atomic E-state index is 12.4. The minimum absolute atomic E-state index is 0.0195. The summed E-state index contributed by atoms with van der Waals surface area (Å²) in [5, 5.41) is 5.58. The van der Waals surface area contributed by atoms with Gasteiger partial charge in [-0.15, -0.1) is 11.8 Å². The van der Waals surface area contributed by atoms with Gasteiger partial charge in [-0.1, -0.05) is 0 Å². The highest BCUT2D eigenvalue weighted by Crippen LogP contribution is 2.32. The Balaban J connectivity index is 2.06. The van der Waals surface area contributed by atoms with E-state index in [9.17, 15) is 14.4 Å². The summed E-state index contributed by atoms with van der Waals surface area (Å²) in [6, 6.07) is 5.18. The lowest BCUT2D eigenvalue weighted by molar-refractivity contribution is -0.123. The molecule has 7 heteroatoms. The first-order chi connectivity index (χ1) is 10.7. The third-order valence-corrected chi connectivity index (χ3v) is 4.17. The van der Waals surface area contributed by atoms with Crippen LogP contribution in [0.1, 0.15) is 31.1 Å². The topological polar surface area (TPSA) is 78.5 Å². The minimum atomic E-state index is -0.339. The van der Waals surface area contributed by atoms with Crippen LogP contribution in [0, 0.1) is 0 Å². The fourth-order valence-corrected chi connectivity index (χ4v) is 2.97. The van der Waals surface area contributed by atoms with Crippen LogP contribution < -0.4 is 10.6 Å². The summed E-state index contributed by atoms with van der Waals surface area (Å²) in [4.78, 5) is 38.1. The number of hydrogen-bond acceptors (Lipinski definition) is 4. The molecular weight excluding hydrogens is 314 g/mol. The number of nitrogens with one attached hydrogen (secondary N) is 2. The highest BCUT2D eigenvalue weighted by molar-refractivity contribution is 8.00. The van der Waals surface area contributed by atoms with E-state index in [-0.39, 0.29) is 29.8 Å². The van der Waals surface area contributed by atoms with Crippen molar-refractivity contribution in [2.24, 2.45) is 0 Å². The summed E-state index contributed by atoms with van der Waals surface area (Å²) in [7, 11) is 1.58. The van der Waals surface area contributed by atoms with Crippen molar-refractivity contribution in [3.05, 3.63) is 23.8 Å². The van der Waals surface area contributed by atoms with E-state index in [0.29, 0.717) is 17.0 Å². The molecule has 2 rings (SSSR count). The molecule has 0 unspecified atom stereocenters. The predicted octanol–water partition coefficient (Wildman–Crippen LogP) is 1.72. The van der Waals surface area contributed by atoms with Crippen molar-refractivity contribution in [3.8, 4) is 0 Å². The van der Waals surface area contributed by atoms with E-state index in [1.54, 1.807) is 19.2 Å². The van der Waals surface area contributed by atoms with Crippen LogP contribution in [0.15, 0.2) is 23.1 Å². The van der Waals surface area contributed by atoms with Crippen molar-refractivity contribution >= 4 is 35.2 Å². The molecule has 3 amide bonds. The number of nitrogens with zero attached hydrogens (tertiary/aromatic N) is 1. The van der Waals surface area contributed by atoms with Crippen LogP contribution in [0.3, 0.4) is 0 Å². The van der Waals surface area contributed by atoms with Crippen molar-refractivity contribution < 1.29 is 14.4 Å². The molecule has 0 spiro atoms. The van der Waals surface area contributed by atoms with E-state index in [2.05, 4.69) is 10.6 Å². The number of hydrogen-bond donors (Lipinski definition) is 2. The molecule has 0 aliphatic carbocycles. The van der Waals surface area contributed by atoms with E-state index in [1.165, 1.54) is 16.7 Å². The Morgan fingerprint density at radius 3 is 2.70 bits per heavy atom. The van der Waals surface area contributed by atoms with Gasteiger partial charge in [-0.05, 0) is 39.0 Å². The summed E-state index contributed by atoms with van der Waals surface area (Å²) in [5.74, 6) is -0.172. The number of rotatable bonds is 3. The van der Waals surface area contributed by atoms with Gasteiger partial charge in [-0.3, -0.25) is 14.4 Å². The standard InChI is InChI=1S/C16H21N3O3S/c1-16(2,3)18-13(20)8-19(4)15(22)10-5-6-12-11(7-10)17-14(21)9-23-12/h5-7H,8-9H2,1-4H3,(H,17,21)(H,18,20). The molecular formula is C16H21N3O3S. The van der Waals surface area contributed by atoms with Crippen LogP contribution in [0.5, 0.6) is 0 Å². The van der Waals surface area contributed by atoms with Gasteiger partial charge in [-0.2, -0.15) is 0 Å². The number of anilines is 1. The van der Waals surface area contributed by atoms with Crippen LogP contribution in [-0.4, -0.2) is 47.5 Å². The van der Waals surface area contributed by atoms with E-state index >= 15 is 0 Å². The molecule has 0 saturated carbocycles. The maximum atomic E-state index is 12.4. The average molecular weight is 335 g/mol. The van der Waals surface area contributed by atoms with E-state index in [4.69, 9.17) is 0 Å². The fraction of sp³-hybridized carbons (Fsp3) is 0.438. The predicted molar refractivity (Wildman–Crippen MR) is 90.7 cm³/mol. The first kappa shape index (κ1) is 17.3. The molecule has 1 heterocycles. The van der Waals surface area contributed by atoms with Crippen molar-refractivity contribution in [1.29, 1.82) is 0 Å². The summed E-state index contributed by atoms with van der Waals surface area (Å²) in [6.45, 7) is 5.64. The number of thioether (sulfide) groups is 1. The van der Waals surface area contributed by atoms with Crippen LogP contribution in [0.25, 0.3) is 0 Å². The lowest BCUT2D eigenvalue weighted by atomic mass is 10.1. The SMILES string of the molecule is CN(CC(=O)NC(C)(C)C)C(=O)c1ccc2c(c1)NC(=O)CS2. The Hall–Kier alpha value is -2.02. The third-order valence-electron chi connectivity index (χ3n) is 3.10. The van der Waals surface area contributed by atoms with Gasteiger partial charge in [0.15, 0.2) is 0 Å². The van der Waals surface area contributed by atoms with E-state index < -0.39 is 0 Å². The van der Waals surface area contributed by atoms with E-state index in [1.807, 2.05) is 26.8 Å². The summed E-state index contributed by atoms with van der Waals surface area (Å²) in [6.07, 6.45) is 0.